The molecule has 1 aliphatic rings. The Morgan fingerprint density at radius 3 is 2.86 bits per heavy atom. The first-order valence-electron chi connectivity index (χ1n) is 7.34. The molecule has 0 spiro atoms. The Hall–Kier alpha value is -1.40. The van der Waals surface area contributed by atoms with Crippen LogP contribution in [-0.4, -0.2) is 51.6 Å². The number of carboxylic acids is 1. The zero-order valence-corrected chi connectivity index (χ0v) is 13.3. The molecule has 1 fully saturated rings. The number of morpholine rings is 1. The van der Waals surface area contributed by atoms with Crippen molar-refractivity contribution in [3.05, 3.63) is 17.5 Å². The first kappa shape index (κ1) is 16.0. The average Bonchev–Trinajstić information content (AvgIpc) is 2.72. The van der Waals surface area contributed by atoms with Gasteiger partial charge >= 0.3 is 5.97 Å². The lowest BCUT2D eigenvalue weighted by atomic mass is 9.89. The van der Waals surface area contributed by atoms with Crippen LogP contribution in [0.4, 0.5) is 0 Å². The Morgan fingerprint density at radius 2 is 2.24 bits per heavy atom. The molecule has 0 aliphatic carbocycles. The van der Waals surface area contributed by atoms with E-state index in [1.807, 2.05) is 17.9 Å². The van der Waals surface area contributed by atoms with E-state index in [-0.39, 0.29) is 17.9 Å². The Morgan fingerprint density at radius 1 is 1.52 bits per heavy atom. The van der Waals surface area contributed by atoms with E-state index in [2.05, 4.69) is 30.8 Å². The Kier molecular flexibility index (Phi) is 4.68. The number of rotatable bonds is 4. The third kappa shape index (κ3) is 4.04. The van der Waals surface area contributed by atoms with Gasteiger partial charge in [0.05, 0.1) is 25.3 Å². The molecule has 6 nitrogen and oxygen atoms in total. The fourth-order valence-electron chi connectivity index (χ4n) is 2.79. The predicted molar refractivity (Wildman–Crippen MR) is 79.2 cm³/mol. The van der Waals surface area contributed by atoms with E-state index in [4.69, 9.17) is 9.84 Å². The standard InChI is InChI=1S/C15H25N3O3/c1-15(2,3)14-11(8-17(4)16-14)9-18-5-6-21-10-12(18)7-13(19)20/h8,12H,5-7,9-10H2,1-4H3,(H,19,20). The van der Waals surface area contributed by atoms with Crippen LogP contribution in [0.1, 0.15) is 38.4 Å². The van der Waals surface area contributed by atoms with E-state index in [9.17, 15) is 4.79 Å². The summed E-state index contributed by atoms with van der Waals surface area (Å²) in [7, 11) is 1.92. The molecule has 0 saturated carbocycles. The average molecular weight is 295 g/mol. The van der Waals surface area contributed by atoms with E-state index in [0.717, 1.165) is 18.8 Å². The van der Waals surface area contributed by atoms with Crippen LogP contribution in [0.2, 0.25) is 0 Å². The van der Waals surface area contributed by atoms with Crippen molar-refractivity contribution in [3.8, 4) is 0 Å². The second-order valence-electron chi connectivity index (χ2n) is 6.72. The Bertz CT molecular complexity index is 505. The molecule has 0 radical (unpaired) electrons. The summed E-state index contributed by atoms with van der Waals surface area (Å²) in [5.74, 6) is -0.780. The minimum absolute atomic E-state index is 0.0226. The summed E-state index contributed by atoms with van der Waals surface area (Å²) in [6, 6.07) is -0.0655. The van der Waals surface area contributed by atoms with Crippen molar-refractivity contribution in [2.75, 3.05) is 19.8 Å². The van der Waals surface area contributed by atoms with Gasteiger partial charge in [-0.3, -0.25) is 14.4 Å². The number of aryl methyl sites for hydroxylation is 1. The van der Waals surface area contributed by atoms with Gasteiger partial charge in [0.1, 0.15) is 0 Å². The molecule has 0 amide bonds. The summed E-state index contributed by atoms with van der Waals surface area (Å²) in [5, 5.41) is 13.6. The van der Waals surface area contributed by atoms with Crippen molar-refractivity contribution in [1.82, 2.24) is 14.7 Å². The first-order chi connectivity index (χ1) is 9.77. The highest BCUT2D eigenvalue weighted by Crippen LogP contribution is 2.26. The van der Waals surface area contributed by atoms with Crippen LogP contribution in [-0.2, 0) is 28.5 Å². The number of aromatic nitrogens is 2. The lowest BCUT2D eigenvalue weighted by molar-refractivity contribution is -0.140. The van der Waals surface area contributed by atoms with Crippen molar-refractivity contribution >= 4 is 5.97 Å². The van der Waals surface area contributed by atoms with Gasteiger partial charge in [0, 0.05) is 43.4 Å². The van der Waals surface area contributed by atoms with E-state index in [1.165, 1.54) is 5.56 Å². The van der Waals surface area contributed by atoms with E-state index in [1.54, 1.807) is 0 Å². The summed E-state index contributed by atoms with van der Waals surface area (Å²) >= 11 is 0. The maximum absolute atomic E-state index is 11.0. The number of aliphatic carboxylic acids is 1. The van der Waals surface area contributed by atoms with Crippen molar-refractivity contribution in [2.45, 2.75) is 45.2 Å². The molecule has 2 rings (SSSR count). The molecule has 0 aromatic carbocycles. The van der Waals surface area contributed by atoms with Gasteiger partial charge in [-0.25, -0.2) is 0 Å². The van der Waals surface area contributed by atoms with Crippen molar-refractivity contribution in [3.63, 3.8) is 0 Å². The second-order valence-corrected chi connectivity index (χ2v) is 6.72. The predicted octanol–water partition coefficient (Wildman–Crippen LogP) is 1.39. The molecule has 6 heteroatoms. The quantitative estimate of drug-likeness (QED) is 0.909. The zero-order valence-electron chi connectivity index (χ0n) is 13.3. The number of hydrogen-bond donors (Lipinski definition) is 1. The molecule has 1 aromatic rings. The van der Waals surface area contributed by atoms with Crippen LogP contribution in [0.5, 0.6) is 0 Å². The SMILES string of the molecule is Cn1cc(CN2CCOCC2CC(=O)O)c(C(C)(C)C)n1. The molecule has 2 heterocycles. The third-order valence-corrected chi connectivity index (χ3v) is 3.75. The molecule has 1 aromatic heterocycles. The summed E-state index contributed by atoms with van der Waals surface area (Å²) < 4.78 is 7.26. The van der Waals surface area contributed by atoms with Gasteiger partial charge in [-0.15, -0.1) is 0 Å². The number of carboxylic acid groups (broad SMARTS) is 1. The summed E-state index contributed by atoms with van der Waals surface area (Å²) in [5.41, 5.74) is 2.22. The molecule has 0 bridgehead atoms. The van der Waals surface area contributed by atoms with Gasteiger partial charge in [0.15, 0.2) is 0 Å². The minimum atomic E-state index is -0.780. The monoisotopic (exact) mass is 295 g/mol. The highest BCUT2D eigenvalue weighted by Gasteiger charge is 2.28. The molecule has 1 N–H and O–H groups in total. The first-order valence-corrected chi connectivity index (χ1v) is 7.34. The van der Waals surface area contributed by atoms with E-state index < -0.39 is 5.97 Å². The van der Waals surface area contributed by atoms with Gasteiger partial charge in [-0.1, -0.05) is 20.8 Å². The van der Waals surface area contributed by atoms with Gasteiger partial charge in [0.25, 0.3) is 0 Å². The van der Waals surface area contributed by atoms with Crippen LogP contribution < -0.4 is 0 Å². The molecule has 21 heavy (non-hydrogen) atoms. The fraction of sp³-hybridized carbons (Fsp3) is 0.733. The number of ether oxygens (including phenoxy) is 1. The molecular formula is C15H25N3O3. The van der Waals surface area contributed by atoms with E-state index >= 15 is 0 Å². The Balaban J connectivity index is 2.17. The second kappa shape index (κ2) is 6.15. The lowest BCUT2D eigenvalue weighted by Gasteiger charge is -2.35. The van der Waals surface area contributed by atoms with E-state index in [0.29, 0.717) is 13.2 Å². The molecular weight excluding hydrogens is 270 g/mol. The van der Waals surface area contributed by atoms with Crippen LogP contribution in [0, 0.1) is 0 Å². The topological polar surface area (TPSA) is 67.6 Å². The zero-order chi connectivity index (χ0) is 15.6. The smallest absolute Gasteiger partial charge is 0.305 e. The Labute approximate surface area is 125 Å². The van der Waals surface area contributed by atoms with Gasteiger partial charge in [-0.2, -0.15) is 5.10 Å². The number of hydrogen-bond acceptors (Lipinski definition) is 4. The van der Waals surface area contributed by atoms with Crippen LogP contribution in [0.25, 0.3) is 0 Å². The van der Waals surface area contributed by atoms with Crippen molar-refractivity contribution in [2.24, 2.45) is 7.05 Å². The molecule has 1 unspecified atom stereocenters. The molecule has 1 saturated heterocycles. The van der Waals surface area contributed by atoms with Crippen LogP contribution >= 0.6 is 0 Å². The normalized spacial score (nSPS) is 20.7. The highest BCUT2D eigenvalue weighted by molar-refractivity contribution is 5.67. The van der Waals surface area contributed by atoms with Crippen molar-refractivity contribution < 1.29 is 14.6 Å². The molecule has 1 aliphatic heterocycles. The molecule has 1 atom stereocenters. The van der Waals surface area contributed by atoms with Gasteiger partial charge < -0.3 is 9.84 Å². The van der Waals surface area contributed by atoms with Crippen molar-refractivity contribution in [1.29, 1.82) is 0 Å². The number of carbonyl (C=O) groups is 1. The fourth-order valence-corrected chi connectivity index (χ4v) is 2.79. The van der Waals surface area contributed by atoms with Crippen LogP contribution in [0.3, 0.4) is 0 Å². The highest BCUT2D eigenvalue weighted by atomic mass is 16.5. The maximum Gasteiger partial charge on any atom is 0.305 e. The summed E-state index contributed by atoms with van der Waals surface area (Å²) in [4.78, 5) is 13.2. The summed E-state index contributed by atoms with van der Waals surface area (Å²) in [6.07, 6.45) is 2.15. The maximum atomic E-state index is 11.0. The largest absolute Gasteiger partial charge is 0.481 e. The lowest BCUT2D eigenvalue weighted by Crippen LogP contribution is -2.46. The van der Waals surface area contributed by atoms with Crippen LogP contribution in [0.15, 0.2) is 6.20 Å². The third-order valence-electron chi connectivity index (χ3n) is 3.75. The van der Waals surface area contributed by atoms with Gasteiger partial charge in [0.2, 0.25) is 0 Å². The molecule has 118 valence electrons. The number of nitrogens with zero attached hydrogens (tertiary/aromatic N) is 3. The van der Waals surface area contributed by atoms with Gasteiger partial charge in [-0.05, 0) is 0 Å². The summed E-state index contributed by atoms with van der Waals surface area (Å²) in [6.45, 7) is 9.06. The minimum Gasteiger partial charge on any atom is -0.481 e.